The van der Waals surface area contributed by atoms with Crippen molar-refractivity contribution in [3.63, 3.8) is 0 Å². The summed E-state index contributed by atoms with van der Waals surface area (Å²) in [6, 6.07) is 30.0. The number of rotatable bonds is 5. The summed E-state index contributed by atoms with van der Waals surface area (Å²) in [5.74, 6) is 0.888. The molecule has 1 atom stereocenters. The van der Waals surface area contributed by atoms with Gasteiger partial charge in [-0.2, -0.15) is 5.26 Å². The molecule has 0 amide bonds. The lowest BCUT2D eigenvalue weighted by molar-refractivity contribution is 0.0740. The van der Waals surface area contributed by atoms with Crippen molar-refractivity contribution in [3.05, 3.63) is 129 Å². The van der Waals surface area contributed by atoms with Crippen LogP contribution in [0, 0.1) is 18.3 Å². The molecule has 2 N–H and O–H groups in total. The van der Waals surface area contributed by atoms with Crippen LogP contribution in [0.5, 0.6) is 23.0 Å². The number of nitriles is 1. The van der Waals surface area contributed by atoms with Crippen LogP contribution in [0.3, 0.4) is 0 Å². The van der Waals surface area contributed by atoms with Gasteiger partial charge in [0.2, 0.25) is 5.88 Å². The van der Waals surface area contributed by atoms with E-state index in [9.17, 15) is 10.1 Å². The molecular weight excluding hydrogens is 544 g/mol. The molecule has 0 radical (unpaired) electrons. The molecule has 196 valence electrons. The number of carbonyl (C=O) groups excluding carboxylic acids is 1. The molecule has 1 aliphatic heterocycles. The van der Waals surface area contributed by atoms with E-state index >= 15 is 0 Å². The van der Waals surface area contributed by atoms with Crippen LogP contribution >= 0.6 is 22.9 Å². The first-order valence-electron chi connectivity index (χ1n) is 12.4. The van der Waals surface area contributed by atoms with Crippen LogP contribution in [0.1, 0.15) is 32.3 Å². The standard InChI is InChI=1S/C32H21ClN2O4S/c1-18-10-12-24-27(14-18)40-30(29(24)33)32(36)38-22-11-13-23-26(16-22)39-31(35)25(17-34)28(23)19-6-5-9-21(15-19)37-20-7-3-2-4-8-20/h2-16,28H,35H2,1H3. The number of allylic oxidation sites excluding steroid dienone is 1. The number of hydrogen-bond donors (Lipinski definition) is 1. The summed E-state index contributed by atoms with van der Waals surface area (Å²) < 4.78 is 18.4. The molecule has 2 heterocycles. The van der Waals surface area contributed by atoms with Crippen molar-refractivity contribution in [1.82, 2.24) is 0 Å². The Morgan fingerprint density at radius 3 is 2.58 bits per heavy atom. The summed E-state index contributed by atoms with van der Waals surface area (Å²) in [6.07, 6.45) is 0. The Morgan fingerprint density at radius 2 is 1.77 bits per heavy atom. The molecule has 1 unspecified atom stereocenters. The highest BCUT2D eigenvalue weighted by Crippen LogP contribution is 2.44. The number of fused-ring (bicyclic) bond motifs is 2. The Kier molecular flexibility index (Phi) is 6.64. The maximum Gasteiger partial charge on any atom is 0.355 e. The minimum absolute atomic E-state index is 0.0132. The molecule has 6 nitrogen and oxygen atoms in total. The summed E-state index contributed by atoms with van der Waals surface area (Å²) in [6.45, 7) is 1.98. The number of nitrogens with zero attached hydrogens (tertiary/aromatic N) is 1. The van der Waals surface area contributed by atoms with Gasteiger partial charge >= 0.3 is 5.97 Å². The number of aryl methyl sites for hydroxylation is 1. The molecule has 0 fully saturated rings. The van der Waals surface area contributed by atoms with E-state index in [0.29, 0.717) is 32.7 Å². The van der Waals surface area contributed by atoms with Gasteiger partial charge in [0.1, 0.15) is 39.5 Å². The van der Waals surface area contributed by atoms with Crippen LogP contribution in [-0.4, -0.2) is 5.97 Å². The fourth-order valence-corrected chi connectivity index (χ4v) is 6.16. The molecule has 8 heteroatoms. The van der Waals surface area contributed by atoms with Gasteiger partial charge in [-0.25, -0.2) is 4.79 Å². The summed E-state index contributed by atoms with van der Waals surface area (Å²) in [7, 11) is 0. The maximum absolute atomic E-state index is 13.1. The van der Waals surface area contributed by atoms with Gasteiger partial charge < -0.3 is 19.9 Å². The summed E-state index contributed by atoms with van der Waals surface area (Å²) >= 11 is 7.79. The summed E-state index contributed by atoms with van der Waals surface area (Å²) in [5, 5.41) is 11.1. The average molecular weight is 565 g/mol. The predicted octanol–water partition coefficient (Wildman–Crippen LogP) is 8.09. The Hall–Kier alpha value is -4.77. The van der Waals surface area contributed by atoms with E-state index in [0.717, 1.165) is 21.2 Å². The van der Waals surface area contributed by atoms with E-state index in [1.165, 1.54) is 11.3 Å². The Morgan fingerprint density at radius 1 is 0.975 bits per heavy atom. The molecule has 0 saturated heterocycles. The predicted molar refractivity (Wildman–Crippen MR) is 155 cm³/mol. The van der Waals surface area contributed by atoms with Crippen LogP contribution in [0.4, 0.5) is 0 Å². The van der Waals surface area contributed by atoms with Gasteiger partial charge in [0.05, 0.1) is 10.9 Å². The zero-order valence-corrected chi connectivity index (χ0v) is 22.8. The molecular formula is C32H21ClN2O4S. The first-order chi connectivity index (χ1) is 19.4. The highest BCUT2D eigenvalue weighted by atomic mass is 35.5. The van der Waals surface area contributed by atoms with Crippen molar-refractivity contribution >= 4 is 39.0 Å². The zero-order valence-electron chi connectivity index (χ0n) is 21.2. The van der Waals surface area contributed by atoms with E-state index in [-0.39, 0.29) is 17.2 Å². The number of halogens is 1. The number of hydrogen-bond acceptors (Lipinski definition) is 7. The highest BCUT2D eigenvalue weighted by molar-refractivity contribution is 7.21. The molecule has 0 spiro atoms. The van der Waals surface area contributed by atoms with Crippen molar-refractivity contribution in [1.29, 1.82) is 5.26 Å². The highest BCUT2D eigenvalue weighted by Gasteiger charge is 2.31. The lowest BCUT2D eigenvalue weighted by atomic mass is 9.83. The van der Waals surface area contributed by atoms with Gasteiger partial charge in [0, 0.05) is 21.7 Å². The van der Waals surface area contributed by atoms with Crippen molar-refractivity contribution in [2.24, 2.45) is 5.73 Å². The molecule has 1 aliphatic rings. The molecule has 0 aliphatic carbocycles. The average Bonchev–Trinajstić information content (AvgIpc) is 3.28. The number of ether oxygens (including phenoxy) is 3. The smallest absolute Gasteiger partial charge is 0.355 e. The Labute approximate surface area is 239 Å². The maximum atomic E-state index is 13.1. The third kappa shape index (κ3) is 4.75. The summed E-state index contributed by atoms with van der Waals surface area (Å²) in [5.41, 5.74) is 9.05. The molecule has 0 bridgehead atoms. The van der Waals surface area contributed by atoms with Crippen LogP contribution in [0.25, 0.3) is 10.1 Å². The second-order valence-electron chi connectivity index (χ2n) is 9.25. The van der Waals surface area contributed by atoms with Crippen molar-refractivity contribution in [3.8, 4) is 29.1 Å². The largest absolute Gasteiger partial charge is 0.457 e. The lowest BCUT2D eigenvalue weighted by Gasteiger charge is -2.27. The number of nitrogens with two attached hydrogens (primary N) is 1. The van der Waals surface area contributed by atoms with Crippen LogP contribution in [-0.2, 0) is 0 Å². The fourth-order valence-electron chi connectivity index (χ4n) is 4.68. The number of thiophene rings is 1. The van der Waals surface area contributed by atoms with Crippen molar-refractivity contribution < 1.29 is 19.0 Å². The number of carbonyl (C=O) groups is 1. The second kappa shape index (κ2) is 10.4. The van der Waals surface area contributed by atoms with Gasteiger partial charge in [-0.05, 0) is 54.4 Å². The van der Waals surface area contributed by atoms with Gasteiger partial charge in [-0.1, -0.05) is 60.1 Å². The third-order valence-corrected chi connectivity index (χ3v) is 8.18. The minimum Gasteiger partial charge on any atom is -0.457 e. The van der Waals surface area contributed by atoms with E-state index < -0.39 is 11.9 Å². The Bertz CT molecular complexity index is 1860. The molecule has 5 aromatic rings. The second-order valence-corrected chi connectivity index (χ2v) is 10.7. The van der Waals surface area contributed by atoms with Gasteiger partial charge in [-0.3, -0.25) is 0 Å². The van der Waals surface area contributed by atoms with Crippen molar-refractivity contribution in [2.45, 2.75) is 12.8 Å². The normalized spacial score (nSPS) is 14.3. The SMILES string of the molecule is Cc1ccc2c(Cl)c(C(=O)Oc3ccc4c(c3)OC(N)=C(C#N)C4c3cccc(Oc4ccccc4)c3)sc2c1. The minimum atomic E-state index is -0.567. The van der Waals surface area contributed by atoms with Crippen LogP contribution < -0.4 is 19.9 Å². The van der Waals surface area contributed by atoms with Gasteiger partial charge in [0.15, 0.2) is 0 Å². The molecule has 6 rings (SSSR count). The van der Waals surface area contributed by atoms with Crippen LogP contribution in [0.15, 0.2) is 102 Å². The molecule has 40 heavy (non-hydrogen) atoms. The van der Waals surface area contributed by atoms with Crippen LogP contribution in [0.2, 0.25) is 5.02 Å². The molecule has 4 aromatic carbocycles. The van der Waals surface area contributed by atoms with E-state index in [1.54, 1.807) is 18.2 Å². The van der Waals surface area contributed by atoms with Crippen molar-refractivity contribution in [2.75, 3.05) is 0 Å². The Balaban J connectivity index is 1.31. The van der Waals surface area contributed by atoms with E-state index in [4.69, 9.17) is 31.5 Å². The first kappa shape index (κ1) is 25.5. The van der Waals surface area contributed by atoms with Gasteiger partial charge in [-0.15, -0.1) is 11.3 Å². The fraction of sp³-hybridized carbons (Fsp3) is 0.0625. The van der Waals surface area contributed by atoms with E-state index in [2.05, 4.69) is 6.07 Å². The quantitative estimate of drug-likeness (QED) is 0.171. The zero-order chi connectivity index (χ0) is 27.8. The van der Waals surface area contributed by atoms with Gasteiger partial charge in [0.25, 0.3) is 0 Å². The van der Waals surface area contributed by atoms with E-state index in [1.807, 2.05) is 79.7 Å². The lowest BCUT2D eigenvalue weighted by Crippen LogP contribution is -2.21. The number of benzene rings is 4. The first-order valence-corrected chi connectivity index (χ1v) is 13.6. The molecule has 1 aromatic heterocycles. The monoisotopic (exact) mass is 564 g/mol. The molecule has 0 saturated carbocycles. The topological polar surface area (TPSA) is 94.6 Å². The summed E-state index contributed by atoms with van der Waals surface area (Å²) in [4.78, 5) is 13.4. The number of esters is 1. The number of para-hydroxylation sites is 1. The third-order valence-electron chi connectivity index (χ3n) is 6.54.